The molecule has 9 nitrogen and oxygen atoms in total. The fourth-order valence-electron chi connectivity index (χ4n) is 4.70. The molecular formula is C22H24BrN3O6S2. The molecule has 0 unspecified atom stereocenters. The lowest BCUT2D eigenvalue weighted by atomic mass is 9.75. The largest absolute Gasteiger partial charge is 0.290 e. The molecule has 0 amide bonds. The number of nitro benzene ring substituents is 1. The minimum absolute atomic E-state index is 0.0207. The van der Waals surface area contributed by atoms with Crippen LogP contribution in [0.1, 0.15) is 11.5 Å². The van der Waals surface area contributed by atoms with E-state index in [-0.39, 0.29) is 47.4 Å². The van der Waals surface area contributed by atoms with Gasteiger partial charge in [-0.05, 0) is 29.8 Å². The van der Waals surface area contributed by atoms with Crippen LogP contribution in [0.4, 0.5) is 5.69 Å². The summed E-state index contributed by atoms with van der Waals surface area (Å²) in [5.74, 6) is -0.184. The van der Waals surface area contributed by atoms with E-state index < -0.39 is 24.8 Å². The summed E-state index contributed by atoms with van der Waals surface area (Å²) in [6.45, 7) is 0.863. The monoisotopic (exact) mass is 569 g/mol. The van der Waals surface area contributed by atoms with Crippen LogP contribution in [-0.4, -0.2) is 74.7 Å². The molecule has 2 aliphatic rings. The van der Waals surface area contributed by atoms with Crippen LogP contribution < -0.4 is 0 Å². The summed E-state index contributed by atoms with van der Waals surface area (Å²) in [4.78, 5) is 12.4. The second kappa shape index (κ2) is 9.50. The highest BCUT2D eigenvalue weighted by Crippen LogP contribution is 2.43. The van der Waals surface area contributed by atoms with Crippen LogP contribution >= 0.6 is 15.9 Å². The summed E-state index contributed by atoms with van der Waals surface area (Å²) >= 11 is 3.42. The molecule has 3 atom stereocenters. The SMILES string of the molecule is CS(=O)(=O)C[C@@H]1[C@H](c2ccc(Br)cc2)[C@@H]2CN(S(=O)(=O)c3ccc([N+](=O)[O-])cc3)C/C=C\CN12. The van der Waals surface area contributed by atoms with Crippen LogP contribution in [-0.2, 0) is 19.9 Å². The topological polar surface area (TPSA) is 118 Å². The lowest BCUT2D eigenvalue weighted by Crippen LogP contribution is -2.68. The van der Waals surface area contributed by atoms with Crippen molar-refractivity contribution in [3.05, 3.63) is 80.8 Å². The Morgan fingerprint density at radius 2 is 1.62 bits per heavy atom. The van der Waals surface area contributed by atoms with Gasteiger partial charge in [0.2, 0.25) is 10.0 Å². The first-order chi connectivity index (χ1) is 16.0. The molecule has 1 saturated heterocycles. The Bertz CT molecular complexity index is 1310. The molecule has 0 saturated carbocycles. The second-order valence-electron chi connectivity index (χ2n) is 8.55. The average molecular weight is 570 g/mol. The van der Waals surface area contributed by atoms with E-state index in [2.05, 4.69) is 15.9 Å². The molecule has 2 aromatic rings. The molecule has 2 aromatic carbocycles. The molecule has 34 heavy (non-hydrogen) atoms. The molecule has 0 N–H and O–H groups in total. The Labute approximate surface area is 207 Å². The lowest BCUT2D eigenvalue weighted by Gasteiger charge is -2.56. The smallest absolute Gasteiger partial charge is 0.269 e. The van der Waals surface area contributed by atoms with Crippen LogP contribution in [0, 0.1) is 10.1 Å². The summed E-state index contributed by atoms with van der Waals surface area (Å²) in [6.07, 6.45) is 4.82. The normalized spacial score (nSPS) is 24.9. The number of sulfone groups is 1. The average Bonchev–Trinajstić information content (AvgIpc) is 2.75. The number of rotatable bonds is 6. The first-order valence-electron chi connectivity index (χ1n) is 10.6. The molecule has 0 spiro atoms. The first-order valence-corrected chi connectivity index (χ1v) is 14.9. The van der Waals surface area contributed by atoms with Crippen molar-refractivity contribution in [1.82, 2.24) is 9.21 Å². The van der Waals surface area contributed by atoms with Crippen molar-refractivity contribution in [2.75, 3.05) is 31.6 Å². The van der Waals surface area contributed by atoms with Crippen LogP contribution in [0.3, 0.4) is 0 Å². The van der Waals surface area contributed by atoms with E-state index in [1.807, 2.05) is 35.2 Å². The van der Waals surface area contributed by atoms with E-state index in [1.54, 1.807) is 6.08 Å². The van der Waals surface area contributed by atoms with Gasteiger partial charge in [0, 0.05) is 60.5 Å². The standard InChI is InChI=1S/C22H24BrN3O6S2/c1-33(29,30)15-21-22(16-4-6-17(23)7-5-16)20-14-24(12-2-3-13-25(20)21)34(31,32)19-10-8-18(9-11-19)26(27)28/h2-11,20-22H,12-15H2,1H3/b3-2-/t20-,21+,22+/m0/s1. The van der Waals surface area contributed by atoms with Crippen LogP contribution in [0.15, 0.2) is 70.1 Å². The van der Waals surface area contributed by atoms with E-state index in [4.69, 9.17) is 0 Å². The quantitative estimate of drug-likeness (QED) is 0.298. The third-order valence-electron chi connectivity index (χ3n) is 6.28. The summed E-state index contributed by atoms with van der Waals surface area (Å²) in [6, 6.07) is 12.0. The maximum absolute atomic E-state index is 13.4. The molecule has 12 heteroatoms. The number of benzene rings is 2. The first kappa shape index (κ1) is 25.0. The van der Waals surface area contributed by atoms with Gasteiger partial charge in [0.1, 0.15) is 9.84 Å². The molecule has 2 aliphatic heterocycles. The predicted molar refractivity (Wildman–Crippen MR) is 132 cm³/mol. The van der Waals surface area contributed by atoms with Gasteiger partial charge in [-0.2, -0.15) is 4.31 Å². The molecule has 0 bridgehead atoms. The Hall–Kier alpha value is -2.12. The number of fused-ring (bicyclic) bond motifs is 1. The maximum atomic E-state index is 13.4. The van der Waals surface area contributed by atoms with Crippen LogP contribution in [0.25, 0.3) is 0 Å². The van der Waals surface area contributed by atoms with E-state index in [0.29, 0.717) is 6.54 Å². The van der Waals surface area contributed by atoms with Gasteiger partial charge in [-0.15, -0.1) is 0 Å². The predicted octanol–water partition coefficient (Wildman–Crippen LogP) is 2.80. The highest BCUT2D eigenvalue weighted by atomic mass is 79.9. The van der Waals surface area contributed by atoms with Crippen LogP contribution in [0.2, 0.25) is 0 Å². The highest BCUT2D eigenvalue weighted by Gasteiger charge is 2.51. The molecule has 182 valence electrons. The van der Waals surface area contributed by atoms with Gasteiger partial charge in [-0.25, -0.2) is 16.8 Å². The van der Waals surface area contributed by atoms with E-state index in [9.17, 15) is 26.9 Å². The zero-order valence-corrected chi connectivity index (χ0v) is 21.5. The van der Waals surface area contributed by atoms with Crippen molar-refractivity contribution in [2.45, 2.75) is 22.9 Å². The Balaban J connectivity index is 1.67. The summed E-state index contributed by atoms with van der Waals surface area (Å²) in [5.41, 5.74) is 0.769. The van der Waals surface area contributed by atoms with E-state index >= 15 is 0 Å². The van der Waals surface area contributed by atoms with Gasteiger partial charge in [0.05, 0.1) is 15.6 Å². The van der Waals surface area contributed by atoms with Gasteiger partial charge in [-0.1, -0.05) is 40.2 Å². The maximum Gasteiger partial charge on any atom is 0.269 e. The molecule has 0 aliphatic carbocycles. The Kier molecular flexibility index (Phi) is 6.98. The van der Waals surface area contributed by atoms with Crippen molar-refractivity contribution in [2.24, 2.45) is 0 Å². The number of halogens is 1. The summed E-state index contributed by atoms with van der Waals surface area (Å²) in [5, 5.41) is 10.9. The van der Waals surface area contributed by atoms with Crippen molar-refractivity contribution in [3.63, 3.8) is 0 Å². The van der Waals surface area contributed by atoms with Gasteiger partial charge in [0.25, 0.3) is 5.69 Å². The molecule has 0 aromatic heterocycles. The fourth-order valence-corrected chi connectivity index (χ4v) is 7.39. The number of nitro groups is 1. The van der Waals surface area contributed by atoms with E-state index in [1.165, 1.54) is 34.8 Å². The Morgan fingerprint density at radius 1 is 1.00 bits per heavy atom. The summed E-state index contributed by atoms with van der Waals surface area (Å²) in [7, 11) is -7.19. The number of sulfonamides is 1. The minimum Gasteiger partial charge on any atom is -0.290 e. The zero-order chi connectivity index (χ0) is 24.7. The van der Waals surface area contributed by atoms with Crippen LogP contribution in [0.5, 0.6) is 0 Å². The lowest BCUT2D eigenvalue weighted by molar-refractivity contribution is -0.384. The number of nitrogens with zero attached hydrogens (tertiary/aromatic N) is 3. The van der Waals surface area contributed by atoms with Gasteiger partial charge in [-0.3, -0.25) is 15.0 Å². The molecule has 1 fully saturated rings. The number of hydrogen-bond acceptors (Lipinski definition) is 7. The fraction of sp³-hybridized carbons (Fsp3) is 0.364. The Morgan fingerprint density at radius 3 is 2.21 bits per heavy atom. The van der Waals surface area contributed by atoms with Crippen molar-refractivity contribution >= 4 is 41.5 Å². The van der Waals surface area contributed by atoms with Crippen molar-refractivity contribution < 1.29 is 21.8 Å². The summed E-state index contributed by atoms with van der Waals surface area (Å²) < 4.78 is 53.4. The van der Waals surface area contributed by atoms with Crippen molar-refractivity contribution in [1.29, 1.82) is 0 Å². The van der Waals surface area contributed by atoms with Crippen molar-refractivity contribution in [3.8, 4) is 0 Å². The molecule has 4 rings (SSSR count). The van der Waals surface area contributed by atoms with E-state index in [0.717, 1.165) is 10.0 Å². The zero-order valence-electron chi connectivity index (χ0n) is 18.3. The second-order valence-corrected chi connectivity index (χ2v) is 13.6. The molecule has 0 radical (unpaired) electrons. The number of non-ortho nitro benzene ring substituents is 1. The highest BCUT2D eigenvalue weighted by molar-refractivity contribution is 9.10. The number of hydrogen-bond donors (Lipinski definition) is 0. The third-order valence-corrected chi connectivity index (χ3v) is 9.60. The molecule has 2 heterocycles. The minimum atomic E-state index is -3.92. The van der Waals surface area contributed by atoms with Gasteiger partial charge in [0.15, 0.2) is 0 Å². The van der Waals surface area contributed by atoms with Gasteiger partial charge < -0.3 is 0 Å². The molecular weight excluding hydrogens is 546 g/mol. The third kappa shape index (κ3) is 5.10. The van der Waals surface area contributed by atoms with Gasteiger partial charge >= 0.3 is 0 Å².